The minimum Gasteiger partial charge on any atom is -0.370 e. The summed E-state index contributed by atoms with van der Waals surface area (Å²) in [4.78, 5) is 21.9. The van der Waals surface area contributed by atoms with Crippen LogP contribution >= 0.6 is 0 Å². The summed E-state index contributed by atoms with van der Waals surface area (Å²) in [6.45, 7) is 3.69. The summed E-state index contributed by atoms with van der Waals surface area (Å²) in [5.74, 6) is 1.71. The van der Waals surface area contributed by atoms with Gasteiger partial charge in [-0.3, -0.25) is 9.59 Å². The molecule has 7 heteroatoms. The molecule has 0 aliphatic rings. The summed E-state index contributed by atoms with van der Waals surface area (Å²) in [6, 6.07) is 9.22. The average molecular weight is 370 g/mol. The Morgan fingerprint density at radius 1 is 1.15 bits per heavy atom. The van der Waals surface area contributed by atoms with E-state index in [4.69, 9.17) is 4.52 Å². The first-order chi connectivity index (χ1) is 13.2. The van der Waals surface area contributed by atoms with Crippen LogP contribution in [0.3, 0.4) is 0 Å². The van der Waals surface area contributed by atoms with Gasteiger partial charge in [0.2, 0.25) is 0 Å². The van der Waals surface area contributed by atoms with Gasteiger partial charge in [0.25, 0.3) is 0 Å². The maximum atomic E-state index is 11.1. The summed E-state index contributed by atoms with van der Waals surface area (Å²) in [5.41, 5.74) is 2.23. The van der Waals surface area contributed by atoms with Crippen molar-refractivity contribution in [2.45, 2.75) is 26.3 Å². The van der Waals surface area contributed by atoms with Crippen molar-refractivity contribution in [2.75, 3.05) is 26.0 Å². The summed E-state index contributed by atoms with van der Waals surface area (Å²) in [5, 5.41) is 10.7. The zero-order valence-electron chi connectivity index (χ0n) is 16.0. The van der Waals surface area contributed by atoms with Gasteiger partial charge in [-0.15, -0.1) is 0 Å². The first-order valence-corrected chi connectivity index (χ1v) is 8.98. The second-order valence-electron chi connectivity index (χ2n) is 6.01. The molecule has 3 rings (SSSR count). The largest absolute Gasteiger partial charge is 0.370 e. The van der Waals surface area contributed by atoms with Crippen LogP contribution in [0.25, 0.3) is 10.9 Å². The number of nitrogens with one attached hydrogen (secondary N) is 2. The number of hydrogen-bond donors (Lipinski definition) is 2. The van der Waals surface area contributed by atoms with Gasteiger partial charge < -0.3 is 19.7 Å². The third kappa shape index (κ3) is 5.27. The minimum atomic E-state index is 0.632. The second-order valence-corrected chi connectivity index (χ2v) is 6.01. The summed E-state index contributed by atoms with van der Waals surface area (Å²) in [7, 11) is 3.72. The Bertz CT molecular complexity index is 864. The van der Waals surface area contributed by atoms with Gasteiger partial charge >= 0.3 is 0 Å². The summed E-state index contributed by atoms with van der Waals surface area (Å²) < 4.78 is 6.86. The molecular formula is C20H26N4O3. The van der Waals surface area contributed by atoms with Gasteiger partial charge in [0.1, 0.15) is 12.0 Å². The Morgan fingerprint density at radius 3 is 2.52 bits per heavy atom. The maximum absolute atomic E-state index is 11.1. The molecule has 0 atom stereocenters. The fraction of sp³-hybridized carbons (Fsp3) is 0.350. The van der Waals surface area contributed by atoms with Crippen molar-refractivity contribution in [2.24, 2.45) is 0 Å². The molecule has 1 aromatic carbocycles. The molecule has 2 aromatic heterocycles. The smallest absolute Gasteiger partial charge is 0.169 e. The predicted molar refractivity (Wildman–Crippen MR) is 107 cm³/mol. The molecule has 0 spiro atoms. The lowest BCUT2D eigenvalue weighted by atomic mass is 10.2. The molecular weight excluding hydrogens is 344 g/mol. The van der Waals surface area contributed by atoms with E-state index in [1.165, 1.54) is 0 Å². The second kappa shape index (κ2) is 10.3. The molecule has 0 saturated heterocycles. The van der Waals surface area contributed by atoms with Crippen molar-refractivity contribution in [3.8, 4) is 0 Å². The van der Waals surface area contributed by atoms with Crippen molar-refractivity contribution in [3.63, 3.8) is 0 Å². The third-order valence-corrected chi connectivity index (χ3v) is 4.19. The van der Waals surface area contributed by atoms with Crippen LogP contribution in [0.5, 0.6) is 0 Å². The molecule has 0 amide bonds. The number of carbonyl (C=O) groups is 2. The Hall–Kier alpha value is -2.93. The average Bonchev–Trinajstić information content (AvgIpc) is 3.32. The van der Waals surface area contributed by atoms with Crippen LogP contribution in [0.4, 0.5) is 5.82 Å². The molecule has 0 unspecified atom stereocenters. The minimum absolute atomic E-state index is 0.632. The quantitative estimate of drug-likeness (QED) is 0.468. The van der Waals surface area contributed by atoms with E-state index in [-0.39, 0.29) is 0 Å². The monoisotopic (exact) mass is 370 g/mol. The number of rotatable bonds is 8. The van der Waals surface area contributed by atoms with Gasteiger partial charge in [0.05, 0.1) is 5.69 Å². The first kappa shape index (κ1) is 20.4. The molecule has 0 bridgehead atoms. The van der Waals surface area contributed by atoms with Crippen molar-refractivity contribution >= 4 is 29.3 Å². The van der Waals surface area contributed by atoms with E-state index in [0.29, 0.717) is 11.3 Å². The number of aromatic nitrogens is 2. The zero-order chi connectivity index (χ0) is 19.6. The van der Waals surface area contributed by atoms with Crippen LogP contribution < -0.4 is 10.6 Å². The number of benzene rings is 1. The Kier molecular flexibility index (Phi) is 7.76. The number of fused-ring (bicyclic) bond motifs is 1. The number of nitrogens with zero attached hydrogens (tertiary/aromatic N) is 2. The Morgan fingerprint density at radius 2 is 1.96 bits per heavy atom. The van der Waals surface area contributed by atoms with Crippen LogP contribution in [0.15, 0.2) is 34.9 Å². The van der Waals surface area contributed by atoms with Crippen LogP contribution in [-0.4, -0.2) is 42.9 Å². The van der Waals surface area contributed by atoms with E-state index in [2.05, 4.69) is 15.8 Å². The first-order valence-electron chi connectivity index (χ1n) is 8.98. The number of aryl methyl sites for hydroxylation is 2. The third-order valence-electron chi connectivity index (χ3n) is 4.19. The highest BCUT2D eigenvalue weighted by Gasteiger charge is 2.08. The standard InChI is InChI=1S/C14H16N2O2.C6H10N2O/c1-15-5-2-6-16-13(10-18)8-12-4-3-11(9-17)7-14(12)16;1-3-5-4-6(7-2)8-9-5/h3-4,7-10,15H,2,5-6H2,1H3;4H,3H2,1-2H3,(H,7,8). The molecule has 0 saturated carbocycles. The summed E-state index contributed by atoms with van der Waals surface area (Å²) >= 11 is 0. The highest BCUT2D eigenvalue weighted by Crippen LogP contribution is 2.20. The van der Waals surface area contributed by atoms with E-state index < -0.39 is 0 Å². The molecule has 144 valence electrons. The van der Waals surface area contributed by atoms with Crippen molar-refractivity contribution in [1.82, 2.24) is 15.0 Å². The number of aldehydes is 2. The van der Waals surface area contributed by atoms with Gasteiger partial charge in [-0.25, -0.2) is 0 Å². The van der Waals surface area contributed by atoms with Crippen LogP contribution in [0.1, 0.15) is 40.0 Å². The van der Waals surface area contributed by atoms with E-state index in [1.807, 2.05) is 49.9 Å². The highest BCUT2D eigenvalue weighted by atomic mass is 16.5. The fourth-order valence-corrected chi connectivity index (χ4v) is 2.72. The van der Waals surface area contributed by atoms with Gasteiger partial charge in [-0.2, -0.15) is 0 Å². The SMILES string of the molecule is CCc1cc(NC)no1.CNCCCn1c(C=O)cc2ccc(C=O)cc21. The van der Waals surface area contributed by atoms with Gasteiger partial charge in [0, 0.05) is 42.5 Å². The molecule has 7 nitrogen and oxygen atoms in total. The van der Waals surface area contributed by atoms with Crippen LogP contribution in [-0.2, 0) is 13.0 Å². The van der Waals surface area contributed by atoms with E-state index in [0.717, 1.165) is 61.0 Å². The lowest BCUT2D eigenvalue weighted by Gasteiger charge is -2.07. The maximum Gasteiger partial charge on any atom is 0.169 e. The molecule has 0 radical (unpaired) electrons. The molecule has 27 heavy (non-hydrogen) atoms. The van der Waals surface area contributed by atoms with Gasteiger partial charge in [-0.05, 0) is 32.1 Å². The highest BCUT2D eigenvalue weighted by molar-refractivity contribution is 5.92. The lowest BCUT2D eigenvalue weighted by molar-refractivity contribution is 0.111. The number of hydrogen-bond acceptors (Lipinski definition) is 6. The van der Waals surface area contributed by atoms with Crippen LogP contribution in [0, 0.1) is 0 Å². The zero-order valence-corrected chi connectivity index (χ0v) is 16.0. The van der Waals surface area contributed by atoms with Gasteiger partial charge in [0.15, 0.2) is 12.1 Å². The molecule has 2 heterocycles. The molecule has 0 aliphatic heterocycles. The summed E-state index contributed by atoms with van der Waals surface area (Å²) in [6.07, 6.45) is 3.52. The fourth-order valence-electron chi connectivity index (χ4n) is 2.72. The van der Waals surface area contributed by atoms with E-state index in [1.54, 1.807) is 6.07 Å². The molecule has 2 N–H and O–H groups in total. The number of anilines is 1. The Labute approximate surface area is 158 Å². The number of carbonyl (C=O) groups excluding carboxylic acids is 2. The van der Waals surface area contributed by atoms with E-state index >= 15 is 0 Å². The lowest BCUT2D eigenvalue weighted by Crippen LogP contribution is -2.12. The topological polar surface area (TPSA) is 89.2 Å². The van der Waals surface area contributed by atoms with E-state index in [9.17, 15) is 9.59 Å². The van der Waals surface area contributed by atoms with Crippen molar-refractivity contribution in [1.29, 1.82) is 0 Å². The normalized spacial score (nSPS) is 10.3. The Balaban J connectivity index is 0.000000244. The van der Waals surface area contributed by atoms with Gasteiger partial charge in [-0.1, -0.05) is 24.2 Å². The molecule has 0 aliphatic carbocycles. The predicted octanol–water partition coefficient (Wildman–Crippen LogP) is 3.15. The van der Waals surface area contributed by atoms with Crippen LogP contribution in [0.2, 0.25) is 0 Å². The molecule has 0 fully saturated rings. The molecule has 3 aromatic rings. The van der Waals surface area contributed by atoms with Crippen molar-refractivity contribution in [3.05, 3.63) is 47.3 Å². The van der Waals surface area contributed by atoms with Crippen molar-refractivity contribution < 1.29 is 14.1 Å².